The topological polar surface area (TPSA) is 59.9 Å². The molecule has 0 saturated heterocycles. The van der Waals surface area contributed by atoms with Crippen LogP contribution >= 0.6 is 0 Å². The minimum Gasteiger partial charge on any atom is -0.496 e. The highest BCUT2D eigenvalue weighted by Gasteiger charge is 2.10. The van der Waals surface area contributed by atoms with Gasteiger partial charge in [-0.2, -0.15) is 5.10 Å². The van der Waals surface area contributed by atoms with Crippen LogP contribution in [-0.2, 0) is 0 Å². The Morgan fingerprint density at radius 1 is 1.00 bits per heavy atom. The van der Waals surface area contributed by atoms with Crippen molar-refractivity contribution >= 4 is 12.1 Å². The number of carbonyl (C=O) groups excluding carboxylic acids is 1. The quantitative estimate of drug-likeness (QED) is 0.682. The van der Waals surface area contributed by atoms with Crippen molar-refractivity contribution in [1.29, 1.82) is 0 Å². The van der Waals surface area contributed by atoms with Crippen LogP contribution in [0.15, 0.2) is 41.5 Å². The lowest BCUT2D eigenvalue weighted by Crippen LogP contribution is -2.18. The van der Waals surface area contributed by atoms with Gasteiger partial charge in [-0.1, -0.05) is 12.1 Å². The first-order chi connectivity index (χ1) is 11.1. The zero-order valence-corrected chi connectivity index (χ0v) is 13.7. The molecule has 0 bridgehead atoms. The molecule has 2 rings (SSSR count). The summed E-state index contributed by atoms with van der Waals surface area (Å²) in [5, 5.41) is 4.03. The second-order valence-electron chi connectivity index (χ2n) is 5.01. The molecule has 0 aromatic heterocycles. The van der Waals surface area contributed by atoms with Crippen LogP contribution in [0.5, 0.6) is 11.5 Å². The fourth-order valence-electron chi connectivity index (χ4n) is 2.23. The van der Waals surface area contributed by atoms with E-state index in [0.717, 1.165) is 22.4 Å². The Bertz CT molecular complexity index is 739. The standard InChI is InChI=1S/C18H20N2O3/c1-12-13(2)16(22-3)10-9-14(12)11-19-20-18(21)15-7-5-6-8-17(15)23-4/h5-11H,1-4H3,(H,20,21)/b19-11+. The summed E-state index contributed by atoms with van der Waals surface area (Å²) in [6, 6.07) is 10.8. The lowest BCUT2D eigenvalue weighted by Gasteiger charge is -2.10. The highest BCUT2D eigenvalue weighted by molar-refractivity contribution is 5.97. The summed E-state index contributed by atoms with van der Waals surface area (Å²) in [6.07, 6.45) is 1.62. The molecule has 5 heteroatoms. The van der Waals surface area contributed by atoms with E-state index in [1.165, 1.54) is 7.11 Å². The molecular formula is C18H20N2O3. The number of hydrogen-bond donors (Lipinski definition) is 1. The lowest BCUT2D eigenvalue weighted by molar-refractivity contribution is 0.0952. The number of carbonyl (C=O) groups is 1. The minimum absolute atomic E-state index is 0.318. The average molecular weight is 312 g/mol. The van der Waals surface area contributed by atoms with E-state index < -0.39 is 0 Å². The van der Waals surface area contributed by atoms with E-state index in [1.54, 1.807) is 31.5 Å². The molecule has 0 spiro atoms. The van der Waals surface area contributed by atoms with Gasteiger partial charge in [0.2, 0.25) is 0 Å². The summed E-state index contributed by atoms with van der Waals surface area (Å²) in [4.78, 5) is 12.1. The van der Waals surface area contributed by atoms with Crippen LogP contribution in [0.2, 0.25) is 0 Å². The van der Waals surface area contributed by atoms with Crippen LogP contribution in [-0.4, -0.2) is 26.3 Å². The molecule has 0 fully saturated rings. The Labute approximate surface area is 135 Å². The van der Waals surface area contributed by atoms with E-state index in [2.05, 4.69) is 10.5 Å². The fourth-order valence-corrected chi connectivity index (χ4v) is 2.23. The van der Waals surface area contributed by atoms with Crippen LogP contribution in [0, 0.1) is 13.8 Å². The molecule has 1 amide bonds. The predicted octanol–water partition coefficient (Wildman–Crippen LogP) is 3.08. The summed E-state index contributed by atoms with van der Waals surface area (Å²) < 4.78 is 10.4. The van der Waals surface area contributed by atoms with Gasteiger partial charge >= 0.3 is 0 Å². The lowest BCUT2D eigenvalue weighted by atomic mass is 10.0. The van der Waals surface area contributed by atoms with Crippen LogP contribution in [0.4, 0.5) is 0 Å². The third-order valence-corrected chi connectivity index (χ3v) is 3.72. The number of amides is 1. The Kier molecular flexibility index (Phi) is 5.36. The number of nitrogens with zero attached hydrogens (tertiary/aromatic N) is 1. The maximum Gasteiger partial charge on any atom is 0.275 e. The highest BCUT2D eigenvalue weighted by Crippen LogP contribution is 2.23. The van der Waals surface area contributed by atoms with Gasteiger partial charge in [0.1, 0.15) is 11.5 Å². The molecule has 5 nitrogen and oxygen atoms in total. The monoisotopic (exact) mass is 312 g/mol. The van der Waals surface area contributed by atoms with Gasteiger partial charge in [0.25, 0.3) is 5.91 Å². The van der Waals surface area contributed by atoms with Crippen LogP contribution in [0.3, 0.4) is 0 Å². The number of hydrazone groups is 1. The highest BCUT2D eigenvalue weighted by atomic mass is 16.5. The van der Waals surface area contributed by atoms with Crippen molar-refractivity contribution in [3.8, 4) is 11.5 Å². The Hall–Kier alpha value is -2.82. The molecule has 23 heavy (non-hydrogen) atoms. The van der Waals surface area contributed by atoms with Crippen molar-refractivity contribution in [2.45, 2.75) is 13.8 Å². The molecule has 0 radical (unpaired) electrons. The van der Waals surface area contributed by atoms with E-state index in [1.807, 2.05) is 32.0 Å². The number of para-hydroxylation sites is 1. The first-order valence-corrected chi connectivity index (χ1v) is 7.19. The summed E-state index contributed by atoms with van der Waals surface area (Å²) >= 11 is 0. The van der Waals surface area contributed by atoms with Gasteiger partial charge in [0.15, 0.2) is 0 Å². The molecule has 120 valence electrons. The molecule has 2 aromatic carbocycles. The third kappa shape index (κ3) is 3.69. The number of nitrogens with one attached hydrogen (secondary N) is 1. The number of hydrogen-bond acceptors (Lipinski definition) is 4. The first-order valence-electron chi connectivity index (χ1n) is 7.19. The van der Waals surface area contributed by atoms with Crippen molar-refractivity contribution < 1.29 is 14.3 Å². The average Bonchev–Trinajstić information content (AvgIpc) is 2.58. The molecule has 0 aliphatic heterocycles. The normalized spacial score (nSPS) is 10.6. The zero-order valence-electron chi connectivity index (χ0n) is 13.7. The summed E-state index contributed by atoms with van der Waals surface area (Å²) in [5.41, 5.74) is 5.98. The summed E-state index contributed by atoms with van der Waals surface area (Å²) in [5.74, 6) is 1.02. The second-order valence-corrected chi connectivity index (χ2v) is 5.01. The predicted molar refractivity (Wildman–Crippen MR) is 90.5 cm³/mol. The van der Waals surface area contributed by atoms with Gasteiger partial charge in [-0.3, -0.25) is 4.79 Å². The fraction of sp³-hybridized carbons (Fsp3) is 0.222. The SMILES string of the molecule is COc1ccccc1C(=O)N/N=C/c1ccc(OC)c(C)c1C. The van der Waals surface area contributed by atoms with Gasteiger partial charge in [0, 0.05) is 0 Å². The van der Waals surface area contributed by atoms with E-state index in [9.17, 15) is 4.79 Å². The molecule has 1 N–H and O–H groups in total. The van der Waals surface area contributed by atoms with Crippen LogP contribution in [0.25, 0.3) is 0 Å². The largest absolute Gasteiger partial charge is 0.496 e. The van der Waals surface area contributed by atoms with Crippen molar-refractivity contribution in [3.05, 3.63) is 58.7 Å². The molecular weight excluding hydrogens is 292 g/mol. The molecule has 0 atom stereocenters. The van der Waals surface area contributed by atoms with Crippen molar-refractivity contribution in [3.63, 3.8) is 0 Å². The Morgan fingerprint density at radius 2 is 1.70 bits per heavy atom. The van der Waals surface area contributed by atoms with Crippen LogP contribution in [0.1, 0.15) is 27.0 Å². The van der Waals surface area contributed by atoms with Gasteiger partial charge in [-0.05, 0) is 54.8 Å². The second kappa shape index (κ2) is 7.45. The molecule has 0 aliphatic carbocycles. The van der Waals surface area contributed by atoms with E-state index in [4.69, 9.17) is 9.47 Å². The van der Waals surface area contributed by atoms with Crippen molar-refractivity contribution in [1.82, 2.24) is 5.43 Å². The van der Waals surface area contributed by atoms with E-state index in [-0.39, 0.29) is 5.91 Å². The Morgan fingerprint density at radius 3 is 2.39 bits per heavy atom. The van der Waals surface area contributed by atoms with E-state index in [0.29, 0.717) is 11.3 Å². The summed E-state index contributed by atoms with van der Waals surface area (Å²) in [6.45, 7) is 3.97. The number of methoxy groups -OCH3 is 2. The molecule has 0 aliphatic rings. The van der Waals surface area contributed by atoms with E-state index >= 15 is 0 Å². The summed E-state index contributed by atoms with van der Waals surface area (Å²) in [7, 11) is 3.17. The third-order valence-electron chi connectivity index (χ3n) is 3.72. The number of rotatable bonds is 5. The maximum atomic E-state index is 12.1. The van der Waals surface area contributed by atoms with Crippen molar-refractivity contribution in [2.75, 3.05) is 14.2 Å². The minimum atomic E-state index is -0.318. The Balaban J connectivity index is 2.13. The molecule has 2 aromatic rings. The maximum absolute atomic E-state index is 12.1. The zero-order chi connectivity index (χ0) is 16.8. The van der Waals surface area contributed by atoms with Gasteiger partial charge < -0.3 is 9.47 Å². The number of benzene rings is 2. The smallest absolute Gasteiger partial charge is 0.275 e. The van der Waals surface area contributed by atoms with Gasteiger partial charge in [0.05, 0.1) is 26.0 Å². The van der Waals surface area contributed by atoms with Crippen LogP contribution < -0.4 is 14.9 Å². The molecule has 0 unspecified atom stereocenters. The van der Waals surface area contributed by atoms with Gasteiger partial charge in [-0.15, -0.1) is 0 Å². The van der Waals surface area contributed by atoms with Crippen molar-refractivity contribution in [2.24, 2.45) is 5.10 Å². The molecule has 0 heterocycles. The number of ether oxygens (including phenoxy) is 2. The molecule has 0 saturated carbocycles. The first kappa shape index (κ1) is 16.5. The van der Waals surface area contributed by atoms with Gasteiger partial charge in [-0.25, -0.2) is 5.43 Å².